The minimum Gasteiger partial charge on any atom is -0.321 e. The largest absolute Gasteiger partial charge is 0.332 e. The summed E-state index contributed by atoms with van der Waals surface area (Å²) < 4.78 is 3.19. The number of imidazole rings is 1. The highest BCUT2D eigenvalue weighted by Gasteiger charge is 2.22. The van der Waals surface area contributed by atoms with Gasteiger partial charge in [0.15, 0.2) is 11.8 Å². The lowest BCUT2D eigenvalue weighted by Crippen LogP contribution is -2.42. The second kappa shape index (κ2) is 7.18. The summed E-state index contributed by atoms with van der Waals surface area (Å²) in [5.74, 6) is 0.946. The quantitative estimate of drug-likeness (QED) is 0.928. The van der Waals surface area contributed by atoms with Crippen molar-refractivity contribution in [3.05, 3.63) is 27.2 Å². The molecule has 0 amide bonds. The molecule has 0 saturated heterocycles. The molecule has 2 aromatic rings. The van der Waals surface area contributed by atoms with Crippen molar-refractivity contribution in [2.45, 2.75) is 77.3 Å². The zero-order valence-electron chi connectivity index (χ0n) is 14.8. The summed E-state index contributed by atoms with van der Waals surface area (Å²) in [6, 6.07) is 0. The van der Waals surface area contributed by atoms with Crippen molar-refractivity contribution in [3.63, 3.8) is 0 Å². The number of aromatic nitrogens is 4. The van der Waals surface area contributed by atoms with Crippen LogP contribution in [0.3, 0.4) is 0 Å². The van der Waals surface area contributed by atoms with Crippen molar-refractivity contribution < 1.29 is 0 Å². The zero-order chi connectivity index (χ0) is 17.2. The van der Waals surface area contributed by atoms with Crippen LogP contribution in [0.5, 0.6) is 0 Å². The predicted molar refractivity (Wildman–Crippen MR) is 96.6 cm³/mol. The van der Waals surface area contributed by atoms with Gasteiger partial charge in [-0.15, -0.1) is 0 Å². The number of hydrogen-bond donors (Lipinski definition) is 1. The van der Waals surface area contributed by atoms with Gasteiger partial charge in [0.05, 0.1) is 0 Å². The lowest BCUT2D eigenvalue weighted by molar-refractivity contribution is 0.296. The monoisotopic (exact) mass is 343 g/mol. The van der Waals surface area contributed by atoms with E-state index in [0.29, 0.717) is 36.1 Å². The molecule has 2 aliphatic carbocycles. The topological polar surface area (TPSA) is 72.7 Å². The molecule has 2 aromatic heterocycles. The highest BCUT2D eigenvalue weighted by Crippen LogP contribution is 2.26. The Kier molecular flexibility index (Phi) is 4.77. The van der Waals surface area contributed by atoms with Gasteiger partial charge in [-0.05, 0) is 37.5 Å². The van der Waals surface area contributed by atoms with Gasteiger partial charge in [-0.1, -0.05) is 38.5 Å². The first kappa shape index (κ1) is 16.6. The number of H-pyrrole nitrogens is 1. The van der Waals surface area contributed by atoms with Crippen molar-refractivity contribution >= 4 is 11.2 Å². The third-order valence-electron chi connectivity index (χ3n) is 6.08. The minimum absolute atomic E-state index is 0.175. The maximum Gasteiger partial charge on any atom is 0.332 e. The maximum atomic E-state index is 13.1. The first-order valence-electron chi connectivity index (χ1n) is 9.83. The molecular formula is C19H27N4O2. The van der Waals surface area contributed by atoms with Crippen LogP contribution < -0.4 is 11.2 Å². The lowest BCUT2D eigenvalue weighted by atomic mass is 9.89. The summed E-state index contributed by atoms with van der Waals surface area (Å²) in [6.45, 7) is 1.21. The summed E-state index contributed by atoms with van der Waals surface area (Å²) >= 11 is 0. The third-order valence-corrected chi connectivity index (χ3v) is 6.08. The van der Waals surface area contributed by atoms with Crippen LogP contribution in [-0.2, 0) is 13.1 Å². The molecule has 1 radical (unpaired) electrons. The first-order valence-corrected chi connectivity index (χ1v) is 9.83. The van der Waals surface area contributed by atoms with E-state index in [9.17, 15) is 9.59 Å². The summed E-state index contributed by atoms with van der Waals surface area (Å²) in [7, 11) is 0. The van der Waals surface area contributed by atoms with Crippen LogP contribution in [0, 0.1) is 18.2 Å². The number of aromatic amines is 1. The van der Waals surface area contributed by atoms with Crippen molar-refractivity contribution in [3.8, 4) is 0 Å². The van der Waals surface area contributed by atoms with E-state index in [0.717, 1.165) is 25.7 Å². The normalized spacial score (nSPS) is 20.3. The molecule has 2 heterocycles. The Morgan fingerprint density at radius 3 is 2.04 bits per heavy atom. The van der Waals surface area contributed by atoms with Crippen molar-refractivity contribution in [1.82, 2.24) is 19.1 Å². The molecule has 0 bridgehead atoms. The fourth-order valence-electron chi connectivity index (χ4n) is 4.64. The van der Waals surface area contributed by atoms with Gasteiger partial charge in [-0.2, -0.15) is 0 Å². The molecule has 1 N–H and O–H groups in total. The van der Waals surface area contributed by atoms with E-state index in [-0.39, 0.29) is 11.2 Å². The van der Waals surface area contributed by atoms with E-state index in [1.165, 1.54) is 43.1 Å². The van der Waals surface area contributed by atoms with E-state index >= 15 is 0 Å². The van der Waals surface area contributed by atoms with E-state index < -0.39 is 0 Å². The van der Waals surface area contributed by atoms with Gasteiger partial charge < -0.3 is 4.98 Å². The van der Waals surface area contributed by atoms with Gasteiger partial charge in [0, 0.05) is 13.1 Å². The number of rotatable bonds is 4. The molecule has 6 nitrogen and oxygen atoms in total. The van der Waals surface area contributed by atoms with E-state index in [1.807, 2.05) is 0 Å². The summed E-state index contributed by atoms with van der Waals surface area (Å²) in [5, 5.41) is 0. The number of fused-ring (bicyclic) bond motifs is 1. The Balaban J connectivity index is 1.71. The van der Waals surface area contributed by atoms with Crippen molar-refractivity contribution in [2.24, 2.45) is 11.8 Å². The van der Waals surface area contributed by atoms with Gasteiger partial charge in [-0.25, -0.2) is 9.78 Å². The van der Waals surface area contributed by atoms with Crippen LogP contribution in [0.15, 0.2) is 9.59 Å². The molecule has 25 heavy (non-hydrogen) atoms. The maximum absolute atomic E-state index is 13.1. The predicted octanol–water partition coefficient (Wildman–Crippen LogP) is 2.85. The molecule has 2 aliphatic rings. The second-order valence-electron chi connectivity index (χ2n) is 7.86. The molecule has 0 spiro atoms. The lowest BCUT2D eigenvalue weighted by Gasteiger charge is -2.24. The standard InChI is InChI=1S/C19H27N4O2/c24-18-16-17(21-13-20-16)22(11-14-7-3-1-4-8-14)19(25)23(18)12-15-9-5-2-6-10-15/h14-15H,1-12H2,(H,20,21). The van der Waals surface area contributed by atoms with Crippen LogP contribution in [0.1, 0.15) is 64.2 Å². The molecule has 6 heteroatoms. The Bertz CT molecular complexity index is 835. The fourth-order valence-corrected chi connectivity index (χ4v) is 4.64. The molecule has 0 unspecified atom stereocenters. The highest BCUT2D eigenvalue weighted by molar-refractivity contribution is 5.68. The zero-order valence-corrected chi connectivity index (χ0v) is 14.8. The van der Waals surface area contributed by atoms with Gasteiger partial charge in [0.2, 0.25) is 0 Å². The Morgan fingerprint density at radius 1 is 0.880 bits per heavy atom. The van der Waals surface area contributed by atoms with Crippen molar-refractivity contribution in [2.75, 3.05) is 0 Å². The fraction of sp³-hybridized carbons (Fsp3) is 0.737. The van der Waals surface area contributed by atoms with Gasteiger partial charge in [-0.3, -0.25) is 13.9 Å². The molecule has 2 saturated carbocycles. The van der Waals surface area contributed by atoms with Crippen molar-refractivity contribution in [1.29, 1.82) is 0 Å². The second-order valence-corrected chi connectivity index (χ2v) is 7.86. The summed E-state index contributed by atoms with van der Waals surface area (Å²) in [6.07, 6.45) is 14.6. The Labute approximate surface area is 147 Å². The number of nitrogens with one attached hydrogen (secondary N) is 1. The van der Waals surface area contributed by atoms with Gasteiger partial charge in [0.1, 0.15) is 5.65 Å². The SMILES string of the molecule is O=c1c2n[c][nH]c2n(CC2CCCCC2)c(=O)n1CC1CCCCC1. The first-order chi connectivity index (χ1) is 12.2. The molecule has 2 fully saturated rings. The summed E-state index contributed by atoms with van der Waals surface area (Å²) in [5.41, 5.74) is 0.459. The summed E-state index contributed by atoms with van der Waals surface area (Å²) in [4.78, 5) is 32.9. The Morgan fingerprint density at radius 2 is 1.44 bits per heavy atom. The van der Waals surface area contributed by atoms with Crippen LogP contribution in [0.2, 0.25) is 0 Å². The van der Waals surface area contributed by atoms with Crippen LogP contribution in [-0.4, -0.2) is 19.1 Å². The number of hydrogen-bond acceptors (Lipinski definition) is 3. The van der Waals surface area contributed by atoms with Crippen LogP contribution >= 0.6 is 0 Å². The minimum atomic E-state index is -0.261. The molecule has 0 aromatic carbocycles. The van der Waals surface area contributed by atoms with Crippen LogP contribution in [0.4, 0.5) is 0 Å². The van der Waals surface area contributed by atoms with Gasteiger partial charge >= 0.3 is 5.69 Å². The molecule has 0 aliphatic heterocycles. The number of nitrogens with zero attached hydrogens (tertiary/aromatic N) is 3. The molecule has 135 valence electrons. The molecular weight excluding hydrogens is 316 g/mol. The van der Waals surface area contributed by atoms with E-state index in [2.05, 4.69) is 16.3 Å². The molecule has 0 atom stereocenters. The Hall–Kier alpha value is -1.85. The van der Waals surface area contributed by atoms with E-state index in [4.69, 9.17) is 0 Å². The highest BCUT2D eigenvalue weighted by atomic mass is 16.2. The van der Waals surface area contributed by atoms with Gasteiger partial charge in [0.25, 0.3) is 5.56 Å². The average Bonchev–Trinajstić information content (AvgIpc) is 3.14. The van der Waals surface area contributed by atoms with E-state index in [1.54, 1.807) is 4.57 Å². The molecule has 4 rings (SSSR count). The average molecular weight is 343 g/mol. The third kappa shape index (κ3) is 3.31. The smallest absolute Gasteiger partial charge is 0.321 e. The van der Waals surface area contributed by atoms with Crippen LogP contribution in [0.25, 0.3) is 11.2 Å².